The third-order valence-corrected chi connectivity index (χ3v) is 6.88. The van der Waals surface area contributed by atoms with Crippen molar-refractivity contribution in [3.8, 4) is 12.1 Å². The summed E-state index contributed by atoms with van der Waals surface area (Å²) in [6, 6.07) is 4.33. The summed E-state index contributed by atoms with van der Waals surface area (Å²) < 4.78 is 1.67. The number of hydrogen-bond acceptors (Lipinski definition) is 6. The number of allylic oxidation sites excluding steroid dienone is 1. The first-order valence-corrected chi connectivity index (χ1v) is 10.5. The minimum atomic E-state index is -0.221. The van der Waals surface area contributed by atoms with Crippen LogP contribution >= 0.6 is 23.1 Å². The highest BCUT2D eigenvalue weighted by Gasteiger charge is 2.22. The van der Waals surface area contributed by atoms with Crippen LogP contribution in [0.25, 0.3) is 10.2 Å². The van der Waals surface area contributed by atoms with Crippen molar-refractivity contribution in [1.82, 2.24) is 9.55 Å². The molecule has 0 N–H and O–H groups in total. The van der Waals surface area contributed by atoms with Gasteiger partial charge in [0.05, 0.1) is 23.4 Å². The number of nitrogens with zero attached hydrogens (tertiary/aromatic N) is 4. The molecule has 2 heterocycles. The zero-order valence-corrected chi connectivity index (χ0v) is 16.2. The molecular weight excluding hydrogens is 364 g/mol. The Morgan fingerprint density at radius 2 is 2.19 bits per heavy atom. The van der Waals surface area contributed by atoms with Gasteiger partial charge in [-0.3, -0.25) is 9.36 Å². The van der Waals surface area contributed by atoms with Gasteiger partial charge in [0, 0.05) is 23.6 Å². The van der Waals surface area contributed by atoms with E-state index in [1.807, 2.05) is 0 Å². The predicted molar refractivity (Wildman–Crippen MR) is 105 cm³/mol. The highest BCUT2D eigenvalue weighted by Crippen LogP contribution is 2.35. The third kappa shape index (κ3) is 3.70. The molecular formula is C19H20N4OS2. The van der Waals surface area contributed by atoms with Crippen LogP contribution in [0.15, 0.2) is 22.6 Å². The van der Waals surface area contributed by atoms with Gasteiger partial charge in [-0.2, -0.15) is 10.5 Å². The Balaban J connectivity index is 1.98. The molecule has 0 aliphatic heterocycles. The Labute approximate surface area is 161 Å². The molecule has 2 aromatic rings. The molecule has 1 aliphatic carbocycles. The number of hydrogen-bond donors (Lipinski definition) is 0. The summed E-state index contributed by atoms with van der Waals surface area (Å²) in [6.45, 7) is 4.17. The third-order valence-electron chi connectivity index (χ3n) is 4.55. The van der Waals surface area contributed by atoms with Gasteiger partial charge >= 0.3 is 0 Å². The van der Waals surface area contributed by atoms with Gasteiger partial charge in [-0.05, 0) is 37.7 Å². The van der Waals surface area contributed by atoms with E-state index in [0.29, 0.717) is 30.3 Å². The van der Waals surface area contributed by atoms with Gasteiger partial charge in [0.2, 0.25) is 0 Å². The van der Waals surface area contributed by atoms with Gasteiger partial charge < -0.3 is 0 Å². The number of aromatic nitrogens is 2. The van der Waals surface area contributed by atoms with Crippen LogP contribution < -0.4 is 5.56 Å². The molecule has 2 aromatic heterocycles. The van der Waals surface area contributed by atoms with Crippen LogP contribution in [0.4, 0.5) is 0 Å². The standard InChI is InChI=1S/C19H20N4OS2/c1-2-10-23-18(24)16-14-7-3-4-8-15(14)26-17(16)22-19(23)25-12-13(11-21)6-5-9-20/h2,13H,1,3-8,10,12H2/t13-/m0/s1. The summed E-state index contributed by atoms with van der Waals surface area (Å²) in [5.41, 5.74) is 1.19. The number of aryl methyl sites for hydroxylation is 2. The van der Waals surface area contributed by atoms with Crippen LogP contribution in [0, 0.1) is 28.6 Å². The zero-order chi connectivity index (χ0) is 18.5. The lowest BCUT2D eigenvalue weighted by atomic mass is 9.97. The number of fused-ring (bicyclic) bond motifs is 3. The summed E-state index contributed by atoms with van der Waals surface area (Å²) >= 11 is 3.06. The minimum absolute atomic E-state index is 0.00216. The fourth-order valence-electron chi connectivity index (χ4n) is 3.22. The van der Waals surface area contributed by atoms with E-state index in [4.69, 9.17) is 10.2 Å². The lowest BCUT2D eigenvalue weighted by Gasteiger charge is -2.13. The van der Waals surface area contributed by atoms with Gasteiger partial charge in [0.1, 0.15) is 4.83 Å². The lowest BCUT2D eigenvalue weighted by Crippen LogP contribution is -2.23. The smallest absolute Gasteiger partial charge is 0.263 e. The van der Waals surface area contributed by atoms with Crippen molar-refractivity contribution in [2.45, 2.75) is 50.2 Å². The molecule has 0 spiro atoms. The molecule has 5 nitrogen and oxygen atoms in total. The van der Waals surface area contributed by atoms with E-state index < -0.39 is 0 Å². The van der Waals surface area contributed by atoms with Crippen molar-refractivity contribution < 1.29 is 0 Å². The SMILES string of the molecule is C=CCn1c(SC[C@H](C#N)CCC#N)nc2sc3c(c2c1=O)CCCC3. The Morgan fingerprint density at radius 3 is 2.92 bits per heavy atom. The largest absolute Gasteiger partial charge is 0.283 e. The Hall–Kier alpha value is -2.09. The summed E-state index contributed by atoms with van der Waals surface area (Å²) in [6.07, 6.45) is 6.89. The van der Waals surface area contributed by atoms with Crippen LogP contribution in [0.1, 0.15) is 36.1 Å². The second-order valence-corrected chi connectivity index (χ2v) is 8.39. The zero-order valence-electron chi connectivity index (χ0n) is 14.5. The molecule has 0 saturated carbocycles. The average Bonchev–Trinajstić information content (AvgIpc) is 3.03. The number of thiophene rings is 1. The first-order chi connectivity index (χ1) is 12.7. The van der Waals surface area contributed by atoms with Crippen LogP contribution in [-0.4, -0.2) is 15.3 Å². The monoisotopic (exact) mass is 384 g/mol. The van der Waals surface area contributed by atoms with Crippen molar-refractivity contribution in [2.75, 3.05) is 5.75 Å². The second kappa shape index (κ2) is 8.53. The lowest BCUT2D eigenvalue weighted by molar-refractivity contribution is 0.658. The Bertz CT molecular complexity index is 961. The summed E-state index contributed by atoms with van der Waals surface area (Å²) in [5, 5.41) is 19.4. The van der Waals surface area contributed by atoms with Crippen LogP contribution in [0.5, 0.6) is 0 Å². The van der Waals surface area contributed by atoms with E-state index in [-0.39, 0.29) is 11.5 Å². The maximum absolute atomic E-state index is 13.1. The molecule has 3 rings (SSSR count). The first-order valence-electron chi connectivity index (χ1n) is 8.75. The molecule has 0 amide bonds. The molecule has 0 aromatic carbocycles. The van der Waals surface area contributed by atoms with Crippen molar-refractivity contribution in [2.24, 2.45) is 5.92 Å². The molecule has 1 aliphatic rings. The highest BCUT2D eigenvalue weighted by atomic mass is 32.2. The molecule has 0 saturated heterocycles. The van der Waals surface area contributed by atoms with Gasteiger partial charge in [0.25, 0.3) is 5.56 Å². The van der Waals surface area contributed by atoms with E-state index in [9.17, 15) is 10.1 Å². The second-order valence-electron chi connectivity index (χ2n) is 6.32. The molecule has 0 bridgehead atoms. The minimum Gasteiger partial charge on any atom is -0.283 e. The van der Waals surface area contributed by atoms with Crippen molar-refractivity contribution in [1.29, 1.82) is 10.5 Å². The molecule has 0 fully saturated rings. The summed E-state index contributed by atoms with van der Waals surface area (Å²) in [5.74, 6) is 0.305. The fraction of sp³-hybridized carbons (Fsp3) is 0.474. The number of thioether (sulfide) groups is 1. The van der Waals surface area contributed by atoms with Crippen molar-refractivity contribution in [3.63, 3.8) is 0 Å². The highest BCUT2D eigenvalue weighted by molar-refractivity contribution is 7.99. The molecule has 1 atom stereocenters. The van der Waals surface area contributed by atoms with Crippen LogP contribution in [0.3, 0.4) is 0 Å². The van der Waals surface area contributed by atoms with Gasteiger partial charge in [0.15, 0.2) is 5.16 Å². The number of rotatable bonds is 7. The predicted octanol–water partition coefficient (Wildman–Crippen LogP) is 4.06. The Morgan fingerprint density at radius 1 is 1.38 bits per heavy atom. The molecule has 0 radical (unpaired) electrons. The van der Waals surface area contributed by atoms with E-state index in [1.54, 1.807) is 22.0 Å². The van der Waals surface area contributed by atoms with E-state index in [2.05, 4.69) is 18.7 Å². The molecule has 7 heteroatoms. The topological polar surface area (TPSA) is 82.5 Å². The van der Waals surface area contributed by atoms with Gasteiger partial charge in [-0.25, -0.2) is 4.98 Å². The van der Waals surface area contributed by atoms with Gasteiger partial charge in [-0.1, -0.05) is 17.8 Å². The summed E-state index contributed by atoms with van der Waals surface area (Å²) in [4.78, 5) is 20.0. The van der Waals surface area contributed by atoms with E-state index in [0.717, 1.165) is 29.5 Å². The van der Waals surface area contributed by atoms with Crippen molar-refractivity contribution in [3.05, 3.63) is 33.4 Å². The van der Waals surface area contributed by atoms with Gasteiger partial charge in [-0.15, -0.1) is 17.9 Å². The van der Waals surface area contributed by atoms with E-state index in [1.165, 1.54) is 28.6 Å². The molecule has 26 heavy (non-hydrogen) atoms. The molecule has 0 unspecified atom stereocenters. The van der Waals surface area contributed by atoms with Crippen molar-refractivity contribution >= 4 is 33.3 Å². The first kappa shape index (κ1) is 18.7. The average molecular weight is 385 g/mol. The normalized spacial score (nSPS) is 14.4. The van der Waals surface area contributed by atoms with Crippen LogP contribution in [0.2, 0.25) is 0 Å². The quantitative estimate of drug-likeness (QED) is 0.408. The fourth-order valence-corrected chi connectivity index (χ4v) is 5.59. The van der Waals surface area contributed by atoms with E-state index >= 15 is 0 Å². The summed E-state index contributed by atoms with van der Waals surface area (Å²) in [7, 11) is 0. The Kier molecular flexibility index (Phi) is 6.13. The number of nitriles is 2. The molecule has 134 valence electrons. The van der Waals surface area contributed by atoms with Crippen LogP contribution in [-0.2, 0) is 19.4 Å². The maximum Gasteiger partial charge on any atom is 0.263 e. The maximum atomic E-state index is 13.1.